The van der Waals surface area contributed by atoms with Crippen LogP contribution in [0, 0.1) is 5.92 Å². The maximum atomic E-state index is 12.6. The van der Waals surface area contributed by atoms with Gasteiger partial charge in [0.15, 0.2) is 0 Å². The van der Waals surface area contributed by atoms with Crippen molar-refractivity contribution >= 4 is 11.7 Å². The summed E-state index contributed by atoms with van der Waals surface area (Å²) < 4.78 is 0. The Morgan fingerprint density at radius 2 is 2.15 bits per heavy atom. The first-order chi connectivity index (χ1) is 9.72. The zero-order valence-corrected chi connectivity index (χ0v) is 12.6. The van der Waals surface area contributed by atoms with Crippen LogP contribution in [0.15, 0.2) is 18.3 Å². The number of anilines is 1. The molecule has 1 aliphatic carbocycles. The van der Waals surface area contributed by atoms with Crippen molar-refractivity contribution in [3.63, 3.8) is 0 Å². The summed E-state index contributed by atoms with van der Waals surface area (Å²) in [6, 6.07) is 3.67. The molecule has 1 N–H and O–H groups in total. The molecule has 0 saturated heterocycles. The largest absolute Gasteiger partial charge is 0.370 e. The molecule has 1 aromatic rings. The monoisotopic (exact) mass is 275 g/mol. The first-order valence-corrected chi connectivity index (χ1v) is 7.66. The summed E-state index contributed by atoms with van der Waals surface area (Å²) in [6.07, 6.45) is 8.19. The summed E-state index contributed by atoms with van der Waals surface area (Å²) in [7, 11) is 1.90. The van der Waals surface area contributed by atoms with E-state index in [0.29, 0.717) is 17.3 Å². The van der Waals surface area contributed by atoms with Crippen molar-refractivity contribution in [1.29, 1.82) is 0 Å². The van der Waals surface area contributed by atoms with Crippen LogP contribution in [0.2, 0.25) is 0 Å². The lowest BCUT2D eigenvalue weighted by Crippen LogP contribution is -2.33. The van der Waals surface area contributed by atoms with Gasteiger partial charge in [0.1, 0.15) is 5.82 Å². The van der Waals surface area contributed by atoms with E-state index in [1.54, 1.807) is 6.20 Å². The highest BCUT2D eigenvalue weighted by atomic mass is 16.2. The third kappa shape index (κ3) is 3.71. The number of pyridine rings is 1. The molecule has 0 unspecified atom stereocenters. The van der Waals surface area contributed by atoms with Crippen LogP contribution in [0.5, 0.6) is 0 Å². The molecule has 1 heterocycles. The molecule has 1 fully saturated rings. The van der Waals surface area contributed by atoms with Crippen molar-refractivity contribution in [3.8, 4) is 0 Å². The number of carbonyl (C=O) groups is 1. The van der Waals surface area contributed by atoms with Gasteiger partial charge in [0.2, 0.25) is 0 Å². The van der Waals surface area contributed by atoms with Crippen LogP contribution >= 0.6 is 0 Å². The predicted octanol–water partition coefficient (Wildman–Crippen LogP) is 3.17. The van der Waals surface area contributed by atoms with E-state index in [2.05, 4.69) is 10.3 Å². The van der Waals surface area contributed by atoms with E-state index in [-0.39, 0.29) is 5.91 Å². The minimum Gasteiger partial charge on any atom is -0.370 e. The van der Waals surface area contributed by atoms with Gasteiger partial charge in [0.25, 0.3) is 5.91 Å². The zero-order chi connectivity index (χ0) is 14.4. The molecule has 0 bridgehead atoms. The molecule has 0 aromatic carbocycles. The number of hydrogen-bond acceptors (Lipinski definition) is 3. The Labute approximate surface area is 121 Å². The lowest BCUT2D eigenvalue weighted by Gasteiger charge is -2.27. The van der Waals surface area contributed by atoms with Gasteiger partial charge in [-0.2, -0.15) is 0 Å². The van der Waals surface area contributed by atoms with E-state index in [0.717, 1.165) is 13.1 Å². The van der Waals surface area contributed by atoms with Gasteiger partial charge < -0.3 is 10.2 Å². The SMILES string of the molecule is CCNc1ncccc1C(=O)N(C)CC1CCCCC1. The molecule has 110 valence electrons. The molecule has 2 rings (SSSR count). The van der Waals surface area contributed by atoms with Crippen molar-refractivity contribution in [1.82, 2.24) is 9.88 Å². The van der Waals surface area contributed by atoms with Crippen molar-refractivity contribution in [2.75, 3.05) is 25.5 Å². The third-order valence-corrected chi connectivity index (χ3v) is 3.99. The summed E-state index contributed by atoms with van der Waals surface area (Å²) in [5.74, 6) is 1.42. The van der Waals surface area contributed by atoms with Crippen LogP contribution in [0.1, 0.15) is 49.4 Å². The van der Waals surface area contributed by atoms with Crippen molar-refractivity contribution in [2.24, 2.45) is 5.92 Å². The standard InChI is InChI=1S/C16H25N3O/c1-3-17-15-14(10-7-11-18-15)16(20)19(2)12-13-8-5-4-6-9-13/h7,10-11,13H,3-6,8-9,12H2,1-2H3,(H,17,18). The second-order valence-corrected chi connectivity index (χ2v) is 5.62. The molecule has 0 atom stereocenters. The smallest absolute Gasteiger partial charge is 0.257 e. The molecule has 0 spiro atoms. The average molecular weight is 275 g/mol. The third-order valence-electron chi connectivity index (χ3n) is 3.99. The summed E-state index contributed by atoms with van der Waals surface area (Å²) >= 11 is 0. The van der Waals surface area contributed by atoms with Crippen molar-refractivity contribution < 1.29 is 4.79 Å². The number of nitrogens with zero attached hydrogens (tertiary/aromatic N) is 2. The van der Waals surface area contributed by atoms with Gasteiger partial charge in [-0.15, -0.1) is 0 Å². The number of carbonyl (C=O) groups excluding carboxylic acids is 1. The predicted molar refractivity (Wildman–Crippen MR) is 81.9 cm³/mol. The van der Waals surface area contributed by atoms with Gasteiger partial charge in [-0.3, -0.25) is 4.79 Å². The van der Waals surface area contributed by atoms with E-state index in [9.17, 15) is 4.79 Å². The molecule has 1 aromatic heterocycles. The van der Waals surface area contributed by atoms with E-state index in [1.165, 1.54) is 32.1 Å². The lowest BCUT2D eigenvalue weighted by atomic mass is 9.89. The van der Waals surface area contributed by atoms with Gasteiger partial charge in [0, 0.05) is 26.3 Å². The minimum absolute atomic E-state index is 0.0691. The molecule has 4 heteroatoms. The van der Waals surface area contributed by atoms with Gasteiger partial charge in [-0.25, -0.2) is 4.98 Å². The van der Waals surface area contributed by atoms with Crippen LogP contribution in [0.4, 0.5) is 5.82 Å². The minimum atomic E-state index is 0.0691. The number of rotatable bonds is 5. The van der Waals surface area contributed by atoms with Crippen molar-refractivity contribution in [2.45, 2.75) is 39.0 Å². The highest BCUT2D eigenvalue weighted by Gasteiger charge is 2.21. The van der Waals surface area contributed by atoms with Gasteiger partial charge in [0.05, 0.1) is 5.56 Å². The Morgan fingerprint density at radius 1 is 1.40 bits per heavy atom. The van der Waals surface area contributed by atoms with Gasteiger partial charge in [-0.05, 0) is 37.8 Å². The summed E-state index contributed by atoms with van der Waals surface area (Å²) in [5.41, 5.74) is 0.674. The number of aromatic nitrogens is 1. The quantitative estimate of drug-likeness (QED) is 0.897. The molecule has 20 heavy (non-hydrogen) atoms. The molecule has 1 aliphatic rings. The van der Waals surface area contributed by atoms with Crippen LogP contribution in [-0.2, 0) is 0 Å². The van der Waals surface area contributed by atoms with E-state index in [1.807, 2.05) is 31.0 Å². The molecule has 0 radical (unpaired) electrons. The maximum Gasteiger partial charge on any atom is 0.257 e. The van der Waals surface area contributed by atoms with E-state index < -0.39 is 0 Å². The van der Waals surface area contributed by atoms with Crippen LogP contribution < -0.4 is 5.32 Å². The Kier molecular flexibility index (Phi) is 5.39. The molecular weight excluding hydrogens is 250 g/mol. The summed E-state index contributed by atoms with van der Waals surface area (Å²) in [5, 5.41) is 3.16. The molecule has 1 amide bonds. The molecule has 4 nitrogen and oxygen atoms in total. The number of hydrogen-bond donors (Lipinski definition) is 1. The lowest BCUT2D eigenvalue weighted by molar-refractivity contribution is 0.0761. The number of nitrogens with one attached hydrogen (secondary N) is 1. The second kappa shape index (κ2) is 7.27. The highest BCUT2D eigenvalue weighted by Crippen LogP contribution is 2.25. The fraction of sp³-hybridized carbons (Fsp3) is 0.625. The zero-order valence-electron chi connectivity index (χ0n) is 12.6. The van der Waals surface area contributed by atoms with Crippen LogP contribution in [0.25, 0.3) is 0 Å². The molecule has 1 saturated carbocycles. The number of amides is 1. The van der Waals surface area contributed by atoms with Crippen LogP contribution in [-0.4, -0.2) is 35.9 Å². The average Bonchev–Trinajstić information content (AvgIpc) is 2.48. The molecule has 0 aliphatic heterocycles. The Bertz CT molecular complexity index is 441. The topological polar surface area (TPSA) is 45.2 Å². The summed E-state index contributed by atoms with van der Waals surface area (Å²) in [4.78, 5) is 18.7. The normalized spacial score (nSPS) is 15.9. The van der Waals surface area contributed by atoms with Gasteiger partial charge in [-0.1, -0.05) is 19.3 Å². The summed E-state index contributed by atoms with van der Waals surface area (Å²) in [6.45, 7) is 3.64. The highest BCUT2D eigenvalue weighted by molar-refractivity contribution is 5.98. The Hall–Kier alpha value is -1.58. The maximum absolute atomic E-state index is 12.6. The fourth-order valence-electron chi connectivity index (χ4n) is 2.93. The molecular formula is C16H25N3O. The Balaban J connectivity index is 2.02. The second-order valence-electron chi connectivity index (χ2n) is 5.62. The first kappa shape index (κ1) is 14.8. The van der Waals surface area contributed by atoms with Crippen molar-refractivity contribution in [3.05, 3.63) is 23.9 Å². The van der Waals surface area contributed by atoms with E-state index >= 15 is 0 Å². The van der Waals surface area contributed by atoms with E-state index in [4.69, 9.17) is 0 Å². The fourth-order valence-corrected chi connectivity index (χ4v) is 2.93. The van der Waals surface area contributed by atoms with Gasteiger partial charge >= 0.3 is 0 Å². The Morgan fingerprint density at radius 3 is 2.85 bits per heavy atom. The first-order valence-electron chi connectivity index (χ1n) is 7.66. The van der Waals surface area contributed by atoms with Crippen LogP contribution in [0.3, 0.4) is 0 Å².